The highest BCUT2D eigenvalue weighted by Gasteiger charge is 2.33. The van der Waals surface area contributed by atoms with Gasteiger partial charge in [0.2, 0.25) is 0 Å². The predicted molar refractivity (Wildman–Crippen MR) is 142 cm³/mol. The molecule has 0 bridgehead atoms. The Morgan fingerprint density at radius 1 is 0.976 bits per heavy atom. The number of hydrogen-bond donors (Lipinski definition) is 1. The Balaban J connectivity index is 1.53. The maximum atomic E-state index is 12.9. The van der Waals surface area contributed by atoms with E-state index in [2.05, 4.69) is 9.30 Å². The average Bonchev–Trinajstić information content (AvgIpc) is 3.22. The second kappa shape index (κ2) is 11.1. The van der Waals surface area contributed by atoms with Crippen molar-refractivity contribution in [1.82, 2.24) is 4.57 Å². The number of aliphatic carboxylic acids is 1. The summed E-state index contributed by atoms with van der Waals surface area (Å²) in [4.78, 5) is 11.7. The smallest absolute Gasteiger partial charge is 0.481 e. The number of fused-ring (bicyclic) bond motifs is 3. The summed E-state index contributed by atoms with van der Waals surface area (Å²) in [5, 5.41) is 10.5. The Morgan fingerprint density at radius 2 is 1.71 bits per heavy atom. The molecule has 4 nitrogen and oxygen atoms in total. The lowest BCUT2D eigenvalue weighted by Gasteiger charge is -2.25. The van der Waals surface area contributed by atoms with Gasteiger partial charge in [0.05, 0.1) is 12.0 Å². The van der Waals surface area contributed by atoms with Gasteiger partial charge in [0.15, 0.2) is 0 Å². The molecule has 0 radical (unpaired) electrons. The zero-order valence-corrected chi connectivity index (χ0v) is 21.9. The number of halogens is 6. The van der Waals surface area contributed by atoms with Crippen LogP contribution in [0.1, 0.15) is 54.0 Å². The molecule has 10 heteroatoms. The second-order valence-corrected chi connectivity index (χ2v) is 10.3. The number of aryl methyl sites for hydroxylation is 3. The third-order valence-electron chi connectivity index (χ3n) is 7.53. The molecule has 5 rings (SSSR count). The topological polar surface area (TPSA) is 51.5 Å². The molecular formula is C31H27F6NO3. The van der Waals surface area contributed by atoms with Crippen LogP contribution < -0.4 is 4.74 Å². The molecule has 1 unspecified atom stereocenters. The molecule has 0 amide bonds. The molecule has 216 valence electrons. The van der Waals surface area contributed by atoms with Crippen LogP contribution >= 0.6 is 0 Å². The summed E-state index contributed by atoms with van der Waals surface area (Å²) in [7, 11) is 0. The Morgan fingerprint density at radius 3 is 2.39 bits per heavy atom. The van der Waals surface area contributed by atoms with Gasteiger partial charge in [0.1, 0.15) is 5.75 Å². The summed E-state index contributed by atoms with van der Waals surface area (Å²) in [6.07, 6.45) is -6.00. The number of alkyl halides is 6. The molecule has 1 heterocycles. The van der Waals surface area contributed by atoms with Gasteiger partial charge in [-0.3, -0.25) is 4.79 Å². The molecule has 4 aromatic rings. The number of carboxylic acids is 1. The number of benzene rings is 3. The van der Waals surface area contributed by atoms with Crippen molar-refractivity contribution in [3.05, 3.63) is 89.1 Å². The molecule has 1 aliphatic carbocycles. The molecule has 1 aromatic heterocycles. The highest BCUT2D eigenvalue weighted by atomic mass is 19.4. The molecule has 0 saturated carbocycles. The average molecular weight is 576 g/mol. The number of rotatable bonds is 8. The quantitative estimate of drug-likeness (QED) is 0.214. The first kappa shape index (κ1) is 28.6. The summed E-state index contributed by atoms with van der Waals surface area (Å²) in [6, 6.07) is 16.4. The standard InChI is InChI=1S/C31H27F6NO3/c32-30(33,34)22-14-12-19(13-15-22)5-4-16-38-26-11-3-9-24(20-6-1-8-23(17-20)41-31(35,36)37)28(26)25-10-2-7-21(29(25)38)18-27(39)40/h1,3,6,8-9,11-15,17,21H,2,4-5,7,10,16,18H2,(H,39,40). The van der Waals surface area contributed by atoms with E-state index in [9.17, 15) is 36.2 Å². The first-order chi connectivity index (χ1) is 19.4. The van der Waals surface area contributed by atoms with E-state index >= 15 is 0 Å². The van der Waals surface area contributed by atoms with Crippen molar-refractivity contribution in [3.63, 3.8) is 0 Å². The van der Waals surface area contributed by atoms with Gasteiger partial charge >= 0.3 is 18.5 Å². The molecule has 0 spiro atoms. The van der Waals surface area contributed by atoms with E-state index in [0.717, 1.165) is 51.8 Å². The molecule has 1 N–H and O–H groups in total. The minimum Gasteiger partial charge on any atom is -0.481 e. The predicted octanol–water partition coefficient (Wildman–Crippen LogP) is 8.75. The van der Waals surface area contributed by atoms with Gasteiger partial charge in [0, 0.05) is 29.1 Å². The van der Waals surface area contributed by atoms with Gasteiger partial charge in [-0.25, -0.2) is 0 Å². The molecule has 3 aromatic carbocycles. The van der Waals surface area contributed by atoms with E-state index in [1.165, 1.54) is 30.3 Å². The van der Waals surface area contributed by atoms with Crippen LogP contribution in [-0.4, -0.2) is 22.0 Å². The molecule has 0 aliphatic heterocycles. The molecule has 0 saturated heterocycles. The maximum absolute atomic E-state index is 12.9. The SMILES string of the molecule is O=C(O)CC1CCCc2c1n(CCCc1ccc(C(F)(F)F)cc1)c1cccc(-c3cccc(OC(F)(F)F)c3)c21. The van der Waals surface area contributed by atoms with Crippen LogP contribution in [0.4, 0.5) is 26.3 Å². The van der Waals surface area contributed by atoms with E-state index in [4.69, 9.17) is 0 Å². The Kier molecular flexibility index (Phi) is 7.76. The van der Waals surface area contributed by atoms with Gasteiger partial charge in [-0.2, -0.15) is 13.2 Å². The van der Waals surface area contributed by atoms with Crippen LogP contribution in [0, 0.1) is 0 Å². The van der Waals surface area contributed by atoms with Gasteiger partial charge in [-0.15, -0.1) is 13.2 Å². The van der Waals surface area contributed by atoms with E-state index < -0.39 is 24.1 Å². The van der Waals surface area contributed by atoms with Crippen LogP contribution in [-0.2, 0) is 30.4 Å². The fraction of sp³-hybridized carbons (Fsp3) is 0.323. The maximum Gasteiger partial charge on any atom is 0.573 e. The summed E-state index contributed by atoms with van der Waals surface area (Å²) in [6.45, 7) is 0.504. The number of carboxylic acid groups (broad SMARTS) is 1. The monoisotopic (exact) mass is 575 g/mol. The van der Waals surface area contributed by atoms with Crippen LogP contribution in [0.25, 0.3) is 22.0 Å². The van der Waals surface area contributed by atoms with Crippen molar-refractivity contribution in [1.29, 1.82) is 0 Å². The van der Waals surface area contributed by atoms with Crippen LogP contribution in [0.15, 0.2) is 66.7 Å². The summed E-state index contributed by atoms with van der Waals surface area (Å²) >= 11 is 0. The second-order valence-electron chi connectivity index (χ2n) is 10.3. The molecule has 1 atom stereocenters. The summed E-state index contributed by atoms with van der Waals surface area (Å²) in [5.41, 5.74) is 4.07. The van der Waals surface area contributed by atoms with Crippen LogP contribution in [0.3, 0.4) is 0 Å². The molecule has 41 heavy (non-hydrogen) atoms. The molecule has 0 fully saturated rings. The van der Waals surface area contributed by atoms with Gasteiger partial charge in [-0.1, -0.05) is 36.4 Å². The van der Waals surface area contributed by atoms with Crippen molar-refractivity contribution >= 4 is 16.9 Å². The number of carbonyl (C=O) groups is 1. The van der Waals surface area contributed by atoms with Crippen molar-refractivity contribution in [3.8, 4) is 16.9 Å². The van der Waals surface area contributed by atoms with Gasteiger partial charge in [0.25, 0.3) is 0 Å². The lowest BCUT2D eigenvalue weighted by atomic mass is 9.83. The van der Waals surface area contributed by atoms with Crippen molar-refractivity contribution in [2.75, 3.05) is 0 Å². The minimum absolute atomic E-state index is 0.0491. The van der Waals surface area contributed by atoms with Crippen molar-refractivity contribution in [2.45, 2.75) is 63.5 Å². The normalized spacial score (nSPS) is 15.6. The third-order valence-corrected chi connectivity index (χ3v) is 7.53. The summed E-state index contributed by atoms with van der Waals surface area (Å²) < 4.78 is 83.7. The Hall–Kier alpha value is -3.95. The zero-order chi connectivity index (χ0) is 29.4. The largest absolute Gasteiger partial charge is 0.573 e. The number of nitrogens with zero attached hydrogens (tertiary/aromatic N) is 1. The minimum atomic E-state index is -4.83. The molecular weight excluding hydrogens is 548 g/mol. The zero-order valence-electron chi connectivity index (χ0n) is 21.9. The third kappa shape index (κ3) is 6.36. The Bertz CT molecular complexity index is 1550. The lowest BCUT2D eigenvalue weighted by Crippen LogP contribution is -2.17. The number of hydrogen-bond acceptors (Lipinski definition) is 2. The van der Waals surface area contributed by atoms with E-state index in [0.29, 0.717) is 37.8 Å². The highest BCUT2D eigenvalue weighted by Crippen LogP contribution is 2.44. The Labute approximate surface area is 232 Å². The van der Waals surface area contributed by atoms with Gasteiger partial charge in [-0.05, 0) is 84.7 Å². The van der Waals surface area contributed by atoms with E-state index in [1.54, 1.807) is 6.07 Å². The fourth-order valence-electron chi connectivity index (χ4n) is 5.94. The summed E-state index contributed by atoms with van der Waals surface area (Å²) in [5.74, 6) is -1.48. The van der Waals surface area contributed by atoms with E-state index in [-0.39, 0.29) is 18.1 Å². The first-order valence-electron chi connectivity index (χ1n) is 13.3. The fourth-order valence-corrected chi connectivity index (χ4v) is 5.94. The van der Waals surface area contributed by atoms with E-state index in [1.807, 2.05) is 18.2 Å². The van der Waals surface area contributed by atoms with Crippen molar-refractivity contribution < 1.29 is 41.0 Å². The van der Waals surface area contributed by atoms with Crippen molar-refractivity contribution in [2.24, 2.45) is 0 Å². The van der Waals surface area contributed by atoms with Gasteiger partial charge < -0.3 is 14.4 Å². The number of aromatic nitrogens is 1. The highest BCUT2D eigenvalue weighted by molar-refractivity contribution is 5.99. The molecule has 1 aliphatic rings. The van der Waals surface area contributed by atoms with Crippen LogP contribution in [0.2, 0.25) is 0 Å². The first-order valence-corrected chi connectivity index (χ1v) is 13.3. The van der Waals surface area contributed by atoms with Crippen LogP contribution in [0.5, 0.6) is 5.75 Å². The lowest BCUT2D eigenvalue weighted by molar-refractivity contribution is -0.274. The number of ether oxygens (including phenoxy) is 1.